The fraction of sp³-hybridized carbons (Fsp3) is 0.278. The first kappa shape index (κ1) is 17.6. The van der Waals surface area contributed by atoms with Gasteiger partial charge >= 0.3 is 0 Å². The molecule has 0 saturated carbocycles. The van der Waals surface area contributed by atoms with E-state index in [1.54, 1.807) is 11.3 Å². The molecule has 1 amide bonds. The van der Waals surface area contributed by atoms with Crippen LogP contribution in [0.25, 0.3) is 10.7 Å². The van der Waals surface area contributed by atoms with Crippen molar-refractivity contribution in [3.8, 4) is 10.7 Å². The molecule has 130 valence electrons. The summed E-state index contributed by atoms with van der Waals surface area (Å²) >= 11 is 6.88. The van der Waals surface area contributed by atoms with Gasteiger partial charge in [-0.2, -0.15) is 5.10 Å². The van der Waals surface area contributed by atoms with Gasteiger partial charge in [-0.05, 0) is 48.1 Å². The quantitative estimate of drug-likeness (QED) is 0.621. The van der Waals surface area contributed by atoms with E-state index in [4.69, 9.17) is 12.2 Å². The minimum absolute atomic E-state index is 0.0220. The molecule has 0 aliphatic carbocycles. The molecule has 0 unspecified atom stereocenters. The van der Waals surface area contributed by atoms with Crippen molar-refractivity contribution in [1.29, 1.82) is 0 Å². The average Bonchev–Trinajstić information content (AvgIpc) is 3.24. The molecule has 7 heteroatoms. The van der Waals surface area contributed by atoms with E-state index in [1.165, 1.54) is 11.1 Å². The Labute approximate surface area is 155 Å². The predicted octanol–water partition coefficient (Wildman–Crippen LogP) is 3.73. The molecule has 0 spiro atoms. The van der Waals surface area contributed by atoms with Gasteiger partial charge in [-0.1, -0.05) is 30.3 Å². The molecule has 2 aromatic heterocycles. The Kier molecular flexibility index (Phi) is 5.78. The van der Waals surface area contributed by atoms with Crippen LogP contribution >= 0.6 is 23.6 Å². The van der Waals surface area contributed by atoms with Crippen molar-refractivity contribution in [1.82, 2.24) is 20.1 Å². The largest absolute Gasteiger partial charge is 0.356 e. The molecule has 3 aromatic rings. The van der Waals surface area contributed by atoms with E-state index >= 15 is 0 Å². The number of H-pyrrole nitrogens is 1. The molecule has 0 radical (unpaired) electrons. The van der Waals surface area contributed by atoms with E-state index < -0.39 is 0 Å². The Balaban J connectivity index is 1.52. The van der Waals surface area contributed by atoms with Crippen LogP contribution in [-0.2, 0) is 17.8 Å². The molecule has 0 fully saturated rings. The molecule has 5 nitrogen and oxygen atoms in total. The Morgan fingerprint density at radius 2 is 2.16 bits per heavy atom. The number of nitrogens with zero attached hydrogens (tertiary/aromatic N) is 2. The third kappa shape index (κ3) is 4.43. The van der Waals surface area contributed by atoms with Crippen molar-refractivity contribution in [2.24, 2.45) is 0 Å². The SMILES string of the molecule is Cc1ccccc1CCNC(=O)CCn1c(-c2cccs2)n[nH]c1=S. The van der Waals surface area contributed by atoms with E-state index in [9.17, 15) is 4.79 Å². The molecule has 2 N–H and O–H groups in total. The fourth-order valence-electron chi connectivity index (χ4n) is 2.65. The number of thiophene rings is 1. The Hall–Kier alpha value is -2.25. The molecule has 0 aliphatic heterocycles. The Morgan fingerprint density at radius 3 is 2.92 bits per heavy atom. The van der Waals surface area contributed by atoms with Gasteiger partial charge in [0.25, 0.3) is 0 Å². The van der Waals surface area contributed by atoms with Crippen LogP contribution in [0, 0.1) is 11.7 Å². The minimum Gasteiger partial charge on any atom is -0.356 e. The zero-order valence-electron chi connectivity index (χ0n) is 14.0. The second kappa shape index (κ2) is 8.22. The maximum Gasteiger partial charge on any atom is 0.221 e. The van der Waals surface area contributed by atoms with E-state index in [2.05, 4.69) is 34.6 Å². The molecular weight excluding hydrogens is 352 g/mol. The van der Waals surface area contributed by atoms with Gasteiger partial charge in [-0.25, -0.2) is 0 Å². The third-order valence-electron chi connectivity index (χ3n) is 4.04. The molecular formula is C18H20N4OS2. The normalized spacial score (nSPS) is 10.8. The first-order chi connectivity index (χ1) is 12.1. The highest BCUT2D eigenvalue weighted by Crippen LogP contribution is 2.22. The molecule has 0 atom stereocenters. The van der Waals surface area contributed by atoms with Gasteiger partial charge in [0.15, 0.2) is 10.6 Å². The fourth-order valence-corrected chi connectivity index (χ4v) is 3.59. The smallest absolute Gasteiger partial charge is 0.221 e. The van der Waals surface area contributed by atoms with Crippen molar-refractivity contribution in [3.05, 3.63) is 57.7 Å². The number of aromatic amines is 1. The molecule has 0 aliphatic rings. The van der Waals surface area contributed by atoms with E-state index in [0.717, 1.165) is 17.1 Å². The number of benzene rings is 1. The van der Waals surface area contributed by atoms with Crippen molar-refractivity contribution in [3.63, 3.8) is 0 Å². The van der Waals surface area contributed by atoms with Gasteiger partial charge in [0, 0.05) is 19.5 Å². The number of carbonyl (C=O) groups excluding carboxylic acids is 1. The number of carbonyl (C=O) groups is 1. The summed E-state index contributed by atoms with van der Waals surface area (Å²) < 4.78 is 2.42. The van der Waals surface area contributed by atoms with Crippen LogP contribution in [0.4, 0.5) is 0 Å². The van der Waals surface area contributed by atoms with Gasteiger partial charge < -0.3 is 5.32 Å². The van der Waals surface area contributed by atoms with Crippen LogP contribution in [-0.4, -0.2) is 27.2 Å². The third-order valence-corrected chi connectivity index (χ3v) is 5.22. The highest BCUT2D eigenvalue weighted by Gasteiger charge is 2.11. The van der Waals surface area contributed by atoms with Crippen LogP contribution < -0.4 is 5.32 Å². The van der Waals surface area contributed by atoms with Gasteiger partial charge in [-0.15, -0.1) is 11.3 Å². The molecule has 25 heavy (non-hydrogen) atoms. The predicted molar refractivity (Wildman–Crippen MR) is 103 cm³/mol. The lowest BCUT2D eigenvalue weighted by atomic mass is 10.1. The van der Waals surface area contributed by atoms with Crippen molar-refractivity contribution >= 4 is 29.5 Å². The van der Waals surface area contributed by atoms with E-state index in [1.807, 2.05) is 34.2 Å². The standard InChI is InChI=1S/C18H20N4OS2/c1-13-5-2-3-6-14(13)8-10-19-16(23)9-11-22-17(20-21-18(22)24)15-7-4-12-25-15/h2-7,12H,8-11H2,1H3,(H,19,23)(H,21,24). The minimum atomic E-state index is 0.0220. The van der Waals surface area contributed by atoms with Crippen molar-refractivity contribution < 1.29 is 4.79 Å². The summed E-state index contributed by atoms with van der Waals surface area (Å²) in [5.41, 5.74) is 2.52. The second-order valence-corrected chi connectivity index (χ2v) is 7.09. The second-order valence-electron chi connectivity index (χ2n) is 5.76. The number of aromatic nitrogens is 3. The highest BCUT2D eigenvalue weighted by molar-refractivity contribution is 7.71. The van der Waals surface area contributed by atoms with Gasteiger partial charge in [0.1, 0.15) is 0 Å². The Morgan fingerprint density at radius 1 is 1.32 bits per heavy atom. The average molecular weight is 373 g/mol. The maximum absolute atomic E-state index is 12.1. The monoisotopic (exact) mass is 372 g/mol. The zero-order valence-corrected chi connectivity index (χ0v) is 15.6. The number of nitrogens with one attached hydrogen (secondary N) is 2. The lowest BCUT2D eigenvalue weighted by Crippen LogP contribution is -2.26. The number of aryl methyl sites for hydroxylation is 1. The molecule has 0 bridgehead atoms. The first-order valence-electron chi connectivity index (χ1n) is 8.15. The van der Waals surface area contributed by atoms with E-state index in [0.29, 0.717) is 24.3 Å². The number of hydrogen-bond acceptors (Lipinski definition) is 4. The maximum atomic E-state index is 12.1. The molecule has 0 saturated heterocycles. The number of hydrogen-bond donors (Lipinski definition) is 2. The summed E-state index contributed by atoms with van der Waals surface area (Å²) in [7, 11) is 0. The molecule has 3 rings (SSSR count). The summed E-state index contributed by atoms with van der Waals surface area (Å²) in [4.78, 5) is 13.2. The van der Waals surface area contributed by atoms with Gasteiger partial charge in [0.05, 0.1) is 4.88 Å². The Bertz CT molecular complexity index is 896. The topological polar surface area (TPSA) is 62.7 Å². The summed E-state index contributed by atoms with van der Waals surface area (Å²) in [5.74, 6) is 0.807. The van der Waals surface area contributed by atoms with Crippen LogP contribution in [0.1, 0.15) is 17.5 Å². The summed E-state index contributed by atoms with van der Waals surface area (Å²) in [6.07, 6.45) is 1.21. The van der Waals surface area contributed by atoms with Crippen LogP contribution in [0.5, 0.6) is 0 Å². The molecule has 2 heterocycles. The van der Waals surface area contributed by atoms with Crippen LogP contribution in [0.3, 0.4) is 0 Å². The summed E-state index contributed by atoms with van der Waals surface area (Å²) in [6, 6.07) is 12.2. The van der Waals surface area contributed by atoms with E-state index in [-0.39, 0.29) is 5.91 Å². The zero-order chi connectivity index (χ0) is 17.6. The van der Waals surface area contributed by atoms with Gasteiger partial charge in [0.2, 0.25) is 5.91 Å². The first-order valence-corrected chi connectivity index (χ1v) is 9.44. The summed E-state index contributed by atoms with van der Waals surface area (Å²) in [6.45, 7) is 3.24. The number of rotatable bonds is 7. The van der Waals surface area contributed by atoms with Crippen LogP contribution in [0.2, 0.25) is 0 Å². The van der Waals surface area contributed by atoms with Crippen molar-refractivity contribution in [2.45, 2.75) is 26.3 Å². The number of amides is 1. The van der Waals surface area contributed by atoms with Crippen molar-refractivity contribution in [2.75, 3.05) is 6.54 Å². The van der Waals surface area contributed by atoms with Crippen LogP contribution in [0.15, 0.2) is 41.8 Å². The lowest BCUT2D eigenvalue weighted by Gasteiger charge is -2.08. The highest BCUT2D eigenvalue weighted by atomic mass is 32.1. The molecule has 1 aromatic carbocycles. The summed E-state index contributed by atoms with van der Waals surface area (Å²) in [5, 5.41) is 12.1. The lowest BCUT2D eigenvalue weighted by molar-refractivity contribution is -0.121. The van der Waals surface area contributed by atoms with Gasteiger partial charge in [-0.3, -0.25) is 14.5 Å².